The molecule has 31 heavy (non-hydrogen) atoms. The highest BCUT2D eigenvalue weighted by atomic mass is 19.4. The molecule has 2 aromatic rings. The van der Waals surface area contributed by atoms with E-state index in [2.05, 4.69) is 20.2 Å². The van der Waals surface area contributed by atoms with E-state index in [4.69, 9.17) is 19.1 Å². The summed E-state index contributed by atoms with van der Waals surface area (Å²) in [7, 11) is 0. The van der Waals surface area contributed by atoms with E-state index < -0.39 is 12.1 Å². The molecule has 2 N–H and O–H groups in total. The Bertz CT molecular complexity index is 863. The molecule has 168 valence electrons. The third kappa shape index (κ3) is 6.01. The van der Waals surface area contributed by atoms with Gasteiger partial charge in [0.1, 0.15) is 11.5 Å². The maximum absolute atomic E-state index is 12.4. The molecule has 1 amide bonds. The fraction of sp³-hybridized carbons (Fsp3) is 0.474. The molecule has 2 aliphatic heterocycles. The molecule has 2 aliphatic rings. The number of carboxylic acid groups (broad SMARTS) is 1. The first-order valence-electron chi connectivity index (χ1n) is 9.50. The van der Waals surface area contributed by atoms with Crippen LogP contribution in [-0.2, 0) is 16.1 Å². The van der Waals surface area contributed by atoms with Gasteiger partial charge in [0, 0.05) is 31.6 Å². The smallest absolute Gasteiger partial charge is 0.475 e. The SMILES string of the molecule is O=C(N[C@H]1CN(Cc2ccco2)[C@H]2CCCO[C@@H]12)c1cnccn1.O=C(O)C(F)(F)F. The molecule has 2 aromatic heterocycles. The largest absolute Gasteiger partial charge is 0.490 e. The summed E-state index contributed by atoms with van der Waals surface area (Å²) in [6, 6.07) is 4.12. The Hall–Kier alpha value is -2.99. The second-order valence-electron chi connectivity index (χ2n) is 7.03. The zero-order valence-corrected chi connectivity index (χ0v) is 16.3. The van der Waals surface area contributed by atoms with Crippen molar-refractivity contribution >= 4 is 11.9 Å². The number of halogens is 3. The van der Waals surface area contributed by atoms with Gasteiger partial charge in [0.25, 0.3) is 5.91 Å². The van der Waals surface area contributed by atoms with Gasteiger partial charge in [0.2, 0.25) is 0 Å². The molecule has 9 nitrogen and oxygen atoms in total. The van der Waals surface area contributed by atoms with E-state index in [1.54, 1.807) is 12.5 Å². The molecule has 0 saturated carbocycles. The first kappa shape index (κ1) is 22.7. The monoisotopic (exact) mass is 442 g/mol. The number of carbonyl (C=O) groups excluding carboxylic acids is 1. The molecule has 2 fully saturated rings. The summed E-state index contributed by atoms with van der Waals surface area (Å²) in [6.45, 7) is 2.21. The van der Waals surface area contributed by atoms with Gasteiger partial charge in [0.05, 0.1) is 31.2 Å². The normalized spacial score (nSPS) is 23.4. The van der Waals surface area contributed by atoms with Crippen LogP contribution in [0.1, 0.15) is 29.1 Å². The number of hydrogen-bond acceptors (Lipinski definition) is 7. The number of rotatable bonds is 4. The number of nitrogens with zero attached hydrogens (tertiary/aromatic N) is 3. The van der Waals surface area contributed by atoms with Gasteiger partial charge in [0.15, 0.2) is 0 Å². The Kier molecular flexibility index (Phi) is 7.23. The second-order valence-corrected chi connectivity index (χ2v) is 7.03. The predicted molar refractivity (Wildman–Crippen MR) is 98.9 cm³/mol. The number of carbonyl (C=O) groups is 2. The fourth-order valence-electron chi connectivity index (χ4n) is 3.62. The van der Waals surface area contributed by atoms with Crippen molar-refractivity contribution in [3.05, 3.63) is 48.4 Å². The molecular weight excluding hydrogens is 421 g/mol. The predicted octanol–water partition coefficient (Wildman–Crippen LogP) is 1.86. The average molecular weight is 442 g/mol. The minimum Gasteiger partial charge on any atom is -0.475 e. The summed E-state index contributed by atoms with van der Waals surface area (Å²) >= 11 is 0. The highest BCUT2D eigenvalue weighted by Crippen LogP contribution is 2.30. The van der Waals surface area contributed by atoms with Gasteiger partial charge in [-0.3, -0.25) is 14.7 Å². The summed E-state index contributed by atoms with van der Waals surface area (Å²) in [5.41, 5.74) is 0.328. The lowest BCUT2D eigenvalue weighted by Crippen LogP contribution is -2.47. The lowest BCUT2D eigenvalue weighted by molar-refractivity contribution is -0.192. The number of fused-ring (bicyclic) bond motifs is 1. The van der Waals surface area contributed by atoms with Crippen LogP contribution in [0.5, 0.6) is 0 Å². The number of amides is 1. The van der Waals surface area contributed by atoms with E-state index in [1.807, 2.05) is 12.1 Å². The van der Waals surface area contributed by atoms with Gasteiger partial charge in [-0.25, -0.2) is 9.78 Å². The van der Waals surface area contributed by atoms with Gasteiger partial charge < -0.3 is 19.6 Å². The van der Waals surface area contributed by atoms with Crippen molar-refractivity contribution < 1.29 is 37.0 Å². The van der Waals surface area contributed by atoms with E-state index in [0.29, 0.717) is 11.7 Å². The van der Waals surface area contributed by atoms with E-state index in [1.165, 1.54) is 12.4 Å². The fourth-order valence-corrected chi connectivity index (χ4v) is 3.62. The Balaban J connectivity index is 0.000000339. The molecule has 0 unspecified atom stereocenters. The van der Waals surface area contributed by atoms with Gasteiger partial charge in [-0.2, -0.15) is 13.2 Å². The van der Waals surface area contributed by atoms with Gasteiger partial charge in [-0.15, -0.1) is 0 Å². The van der Waals surface area contributed by atoms with Crippen molar-refractivity contribution in [2.75, 3.05) is 13.2 Å². The minimum absolute atomic E-state index is 0.00864. The molecule has 12 heteroatoms. The number of aromatic nitrogens is 2. The van der Waals surface area contributed by atoms with Crippen molar-refractivity contribution in [3.8, 4) is 0 Å². The van der Waals surface area contributed by atoms with Gasteiger partial charge >= 0.3 is 12.1 Å². The van der Waals surface area contributed by atoms with Crippen LogP contribution in [0.4, 0.5) is 13.2 Å². The van der Waals surface area contributed by atoms with E-state index in [-0.39, 0.29) is 18.1 Å². The summed E-state index contributed by atoms with van der Waals surface area (Å²) in [5, 5.41) is 10.2. The maximum Gasteiger partial charge on any atom is 0.490 e. The summed E-state index contributed by atoms with van der Waals surface area (Å²) < 4.78 is 43.2. The lowest BCUT2D eigenvalue weighted by Gasteiger charge is -2.32. The molecule has 4 heterocycles. The average Bonchev–Trinajstić information content (AvgIpc) is 3.37. The first-order chi connectivity index (χ1) is 14.8. The Morgan fingerprint density at radius 2 is 2.10 bits per heavy atom. The third-order valence-corrected chi connectivity index (χ3v) is 4.92. The third-order valence-electron chi connectivity index (χ3n) is 4.92. The van der Waals surface area contributed by atoms with Crippen LogP contribution in [0.15, 0.2) is 41.4 Å². The number of ether oxygens (including phenoxy) is 1. The number of nitrogens with one attached hydrogen (secondary N) is 1. The first-order valence-corrected chi connectivity index (χ1v) is 9.50. The van der Waals surface area contributed by atoms with Crippen LogP contribution < -0.4 is 5.32 Å². The number of hydrogen-bond donors (Lipinski definition) is 2. The summed E-state index contributed by atoms with van der Waals surface area (Å²) in [5.74, 6) is -2.03. The van der Waals surface area contributed by atoms with Gasteiger partial charge in [-0.05, 0) is 25.0 Å². The van der Waals surface area contributed by atoms with Crippen molar-refractivity contribution in [2.45, 2.75) is 43.8 Å². The van der Waals surface area contributed by atoms with Gasteiger partial charge in [-0.1, -0.05) is 0 Å². The number of alkyl halides is 3. The Morgan fingerprint density at radius 1 is 1.32 bits per heavy atom. The molecule has 4 rings (SSSR count). The minimum atomic E-state index is -5.08. The van der Waals surface area contributed by atoms with E-state index >= 15 is 0 Å². The van der Waals surface area contributed by atoms with E-state index in [9.17, 15) is 18.0 Å². The number of aliphatic carboxylic acids is 1. The molecular formula is C19H21F3N4O5. The van der Waals surface area contributed by atoms with Crippen LogP contribution in [-0.4, -0.2) is 69.4 Å². The van der Waals surface area contributed by atoms with Crippen molar-refractivity contribution in [2.24, 2.45) is 0 Å². The van der Waals surface area contributed by atoms with E-state index in [0.717, 1.165) is 38.3 Å². The standard InChI is InChI=1S/C17H20N4O3.C2HF3O2/c22-17(13-9-18-5-6-19-13)20-14-11-21(10-12-3-1-7-23-12)15-4-2-8-24-16(14)15;3-2(4,5)1(6)7/h1,3,5-7,9,14-16H,2,4,8,10-11H2,(H,20,22);(H,6,7)/t14-,15-,16-;/m0./s1. The van der Waals surface area contributed by atoms with Crippen molar-refractivity contribution in [1.29, 1.82) is 0 Å². The summed E-state index contributed by atoms with van der Waals surface area (Å²) in [4.78, 5) is 31.6. The van der Waals surface area contributed by atoms with Crippen LogP contribution in [0.3, 0.4) is 0 Å². The highest BCUT2D eigenvalue weighted by molar-refractivity contribution is 5.92. The van der Waals surface area contributed by atoms with Crippen LogP contribution in [0.2, 0.25) is 0 Å². The zero-order valence-electron chi connectivity index (χ0n) is 16.3. The second kappa shape index (κ2) is 9.88. The van der Waals surface area contributed by atoms with Crippen LogP contribution >= 0.6 is 0 Å². The molecule has 0 radical (unpaired) electrons. The summed E-state index contributed by atoms with van der Waals surface area (Å²) in [6.07, 6.45) is 3.28. The van der Waals surface area contributed by atoms with Crippen LogP contribution in [0.25, 0.3) is 0 Å². The Labute approximate surface area is 175 Å². The molecule has 0 bridgehead atoms. The van der Waals surface area contributed by atoms with Crippen molar-refractivity contribution in [3.63, 3.8) is 0 Å². The topological polar surface area (TPSA) is 118 Å². The molecule has 0 aliphatic carbocycles. The molecule has 2 saturated heterocycles. The molecule has 3 atom stereocenters. The van der Waals surface area contributed by atoms with Crippen LogP contribution in [0, 0.1) is 0 Å². The number of likely N-dealkylation sites (tertiary alicyclic amines) is 1. The maximum atomic E-state index is 12.4. The highest BCUT2D eigenvalue weighted by Gasteiger charge is 2.44. The lowest BCUT2D eigenvalue weighted by atomic mass is 10.0. The van der Waals surface area contributed by atoms with Crippen molar-refractivity contribution in [1.82, 2.24) is 20.2 Å². The Morgan fingerprint density at radius 3 is 2.71 bits per heavy atom. The molecule has 0 spiro atoms. The number of carboxylic acids is 1. The number of furan rings is 1. The molecule has 0 aromatic carbocycles. The quantitative estimate of drug-likeness (QED) is 0.737. The zero-order chi connectivity index (χ0) is 22.4.